The minimum atomic E-state index is 0.0762. The molecule has 0 fully saturated rings. The molecule has 0 aromatic heterocycles. The molecule has 26 heavy (non-hydrogen) atoms. The first-order chi connectivity index (χ1) is 12.8. The van der Waals surface area contributed by atoms with Gasteiger partial charge < -0.3 is 5.32 Å². The van der Waals surface area contributed by atoms with Crippen molar-refractivity contribution >= 4 is 28.5 Å². The number of aliphatic imine (C=N–C) groups is 1. The van der Waals surface area contributed by atoms with E-state index in [9.17, 15) is 0 Å². The lowest BCUT2D eigenvalue weighted by Gasteiger charge is -2.19. The van der Waals surface area contributed by atoms with E-state index in [4.69, 9.17) is 16.6 Å². The lowest BCUT2D eigenvalue weighted by atomic mass is 9.95. The summed E-state index contributed by atoms with van der Waals surface area (Å²) < 4.78 is 0. The van der Waals surface area contributed by atoms with Crippen LogP contribution in [0.15, 0.2) is 89.9 Å². The third-order valence-corrected chi connectivity index (χ3v) is 5.79. The van der Waals surface area contributed by atoms with E-state index < -0.39 is 0 Å². The van der Waals surface area contributed by atoms with Crippen LogP contribution in [0.25, 0.3) is 0 Å². The normalized spacial score (nSPS) is 19.0. The number of hydrogen-bond donors (Lipinski definition) is 1. The fourth-order valence-electron chi connectivity index (χ4n) is 3.13. The van der Waals surface area contributed by atoms with Gasteiger partial charge in [-0.2, -0.15) is 0 Å². The van der Waals surface area contributed by atoms with E-state index in [0.717, 1.165) is 21.5 Å². The van der Waals surface area contributed by atoms with Crippen molar-refractivity contribution in [3.05, 3.63) is 107 Å². The first-order valence-corrected chi connectivity index (χ1v) is 9.98. The molecule has 1 N–H and O–H groups in total. The maximum Gasteiger partial charge on any atom is 0.158 e. The quantitative estimate of drug-likeness (QED) is 0.600. The van der Waals surface area contributed by atoms with E-state index in [0.29, 0.717) is 0 Å². The van der Waals surface area contributed by atoms with Crippen LogP contribution in [0.2, 0.25) is 5.02 Å². The van der Waals surface area contributed by atoms with Gasteiger partial charge in [-0.05, 0) is 22.8 Å². The van der Waals surface area contributed by atoms with Gasteiger partial charge in [0.2, 0.25) is 0 Å². The molecule has 0 saturated heterocycles. The van der Waals surface area contributed by atoms with Crippen molar-refractivity contribution in [3.63, 3.8) is 0 Å². The summed E-state index contributed by atoms with van der Waals surface area (Å²) in [6.45, 7) is 0. The highest BCUT2D eigenvalue weighted by atomic mass is 35.5. The molecule has 3 aromatic rings. The van der Waals surface area contributed by atoms with Gasteiger partial charge >= 0.3 is 0 Å². The Balaban J connectivity index is 1.57. The standard InChI is InChI=1S/C22H19ClN2S/c23-19-14-8-7-13-18(19)15-26-22-24-20(16-9-3-1-4-10-16)21(25-22)17-11-5-2-6-12-17/h1-14,20-21H,15H2,(H,24,25). The van der Waals surface area contributed by atoms with Gasteiger partial charge in [0.1, 0.15) is 6.04 Å². The zero-order valence-electron chi connectivity index (χ0n) is 14.2. The Morgan fingerprint density at radius 3 is 2.12 bits per heavy atom. The number of benzene rings is 3. The fraction of sp³-hybridized carbons (Fsp3) is 0.136. The Kier molecular flexibility index (Phi) is 5.28. The monoisotopic (exact) mass is 378 g/mol. The summed E-state index contributed by atoms with van der Waals surface area (Å²) in [5.74, 6) is 0.800. The van der Waals surface area contributed by atoms with Crippen molar-refractivity contribution < 1.29 is 0 Å². The van der Waals surface area contributed by atoms with E-state index in [-0.39, 0.29) is 12.1 Å². The third-order valence-electron chi connectivity index (χ3n) is 4.47. The minimum Gasteiger partial charge on any atom is -0.356 e. The van der Waals surface area contributed by atoms with Crippen LogP contribution in [0.5, 0.6) is 0 Å². The molecule has 2 atom stereocenters. The summed E-state index contributed by atoms with van der Waals surface area (Å²) in [5, 5.41) is 5.38. The van der Waals surface area contributed by atoms with Crippen molar-refractivity contribution in [1.82, 2.24) is 5.32 Å². The predicted octanol–water partition coefficient (Wildman–Crippen LogP) is 6.02. The molecule has 0 radical (unpaired) electrons. The van der Waals surface area contributed by atoms with Crippen LogP contribution in [0.1, 0.15) is 28.8 Å². The second-order valence-corrected chi connectivity index (χ2v) is 7.57. The van der Waals surface area contributed by atoms with Gasteiger partial charge in [-0.25, -0.2) is 0 Å². The topological polar surface area (TPSA) is 24.4 Å². The number of rotatable bonds is 4. The Bertz CT molecular complexity index is 896. The summed E-state index contributed by atoms with van der Waals surface area (Å²) in [4.78, 5) is 4.99. The Morgan fingerprint density at radius 2 is 1.42 bits per heavy atom. The molecule has 0 amide bonds. The Hall–Kier alpha value is -2.23. The number of halogens is 1. The maximum atomic E-state index is 6.29. The number of amidine groups is 1. The molecule has 2 unspecified atom stereocenters. The molecule has 130 valence electrons. The van der Waals surface area contributed by atoms with Crippen molar-refractivity contribution in [2.45, 2.75) is 17.8 Å². The zero-order chi connectivity index (χ0) is 17.8. The van der Waals surface area contributed by atoms with Gasteiger partial charge in [0.05, 0.1) is 6.04 Å². The molecule has 0 aliphatic carbocycles. The van der Waals surface area contributed by atoms with Crippen LogP contribution in [0, 0.1) is 0 Å². The lowest BCUT2D eigenvalue weighted by molar-refractivity contribution is 0.573. The Morgan fingerprint density at radius 1 is 0.808 bits per heavy atom. The summed E-state index contributed by atoms with van der Waals surface area (Å²) in [6, 6.07) is 29.2. The van der Waals surface area contributed by atoms with Crippen LogP contribution >= 0.6 is 23.4 Å². The summed E-state index contributed by atoms with van der Waals surface area (Å²) in [5.41, 5.74) is 3.60. The van der Waals surface area contributed by atoms with Crippen molar-refractivity contribution in [1.29, 1.82) is 0 Å². The van der Waals surface area contributed by atoms with Gasteiger partial charge in [0.25, 0.3) is 0 Å². The largest absolute Gasteiger partial charge is 0.356 e. The molecule has 4 heteroatoms. The second-order valence-electron chi connectivity index (χ2n) is 6.20. The second kappa shape index (κ2) is 7.98. The van der Waals surface area contributed by atoms with E-state index in [1.54, 1.807) is 11.8 Å². The predicted molar refractivity (Wildman–Crippen MR) is 112 cm³/mol. The number of nitrogens with one attached hydrogen (secondary N) is 1. The average Bonchev–Trinajstić information content (AvgIpc) is 3.13. The molecule has 1 aliphatic rings. The molecular weight excluding hydrogens is 360 g/mol. The smallest absolute Gasteiger partial charge is 0.158 e. The lowest BCUT2D eigenvalue weighted by Crippen LogP contribution is -2.22. The van der Waals surface area contributed by atoms with Crippen molar-refractivity contribution in [3.8, 4) is 0 Å². The fourth-order valence-corrected chi connectivity index (χ4v) is 4.36. The molecule has 2 nitrogen and oxygen atoms in total. The van der Waals surface area contributed by atoms with Crippen LogP contribution in [-0.2, 0) is 5.75 Å². The zero-order valence-corrected chi connectivity index (χ0v) is 15.8. The van der Waals surface area contributed by atoms with Crippen molar-refractivity contribution in [2.24, 2.45) is 4.99 Å². The van der Waals surface area contributed by atoms with Gasteiger partial charge in [-0.1, -0.05) is 102 Å². The first kappa shape index (κ1) is 17.2. The van der Waals surface area contributed by atoms with E-state index in [2.05, 4.69) is 59.9 Å². The van der Waals surface area contributed by atoms with Gasteiger partial charge in [-0.15, -0.1) is 0 Å². The number of hydrogen-bond acceptors (Lipinski definition) is 3. The summed E-state index contributed by atoms with van der Waals surface area (Å²) in [6.07, 6.45) is 0. The molecular formula is C22H19ClN2S. The number of thioether (sulfide) groups is 1. The molecule has 1 aliphatic heterocycles. The highest BCUT2D eigenvalue weighted by Crippen LogP contribution is 2.38. The molecule has 1 heterocycles. The molecule has 0 saturated carbocycles. The number of nitrogens with zero attached hydrogens (tertiary/aromatic N) is 1. The average molecular weight is 379 g/mol. The van der Waals surface area contributed by atoms with Crippen LogP contribution < -0.4 is 5.32 Å². The van der Waals surface area contributed by atoms with E-state index in [1.807, 2.05) is 30.3 Å². The molecule has 0 bridgehead atoms. The van der Waals surface area contributed by atoms with Crippen LogP contribution in [0.4, 0.5) is 0 Å². The van der Waals surface area contributed by atoms with Gasteiger partial charge in [-0.3, -0.25) is 4.99 Å². The summed E-state index contributed by atoms with van der Waals surface area (Å²) >= 11 is 7.99. The SMILES string of the molecule is Clc1ccccc1CSC1=NC(c2ccccc2)C(c2ccccc2)N1. The Labute approximate surface area is 163 Å². The highest BCUT2D eigenvalue weighted by Gasteiger charge is 2.31. The van der Waals surface area contributed by atoms with E-state index >= 15 is 0 Å². The maximum absolute atomic E-state index is 6.29. The third kappa shape index (κ3) is 3.79. The van der Waals surface area contributed by atoms with Gasteiger partial charge in [0, 0.05) is 10.8 Å². The summed E-state index contributed by atoms with van der Waals surface area (Å²) in [7, 11) is 0. The minimum absolute atomic E-state index is 0.0762. The molecule has 4 rings (SSSR count). The molecule has 3 aromatic carbocycles. The molecule has 0 spiro atoms. The van der Waals surface area contributed by atoms with Crippen molar-refractivity contribution in [2.75, 3.05) is 0 Å². The van der Waals surface area contributed by atoms with E-state index in [1.165, 1.54) is 11.1 Å². The van der Waals surface area contributed by atoms with Gasteiger partial charge in [0.15, 0.2) is 5.17 Å². The highest BCUT2D eigenvalue weighted by molar-refractivity contribution is 8.13. The van der Waals surface area contributed by atoms with Crippen LogP contribution in [-0.4, -0.2) is 5.17 Å². The first-order valence-electron chi connectivity index (χ1n) is 8.62. The van der Waals surface area contributed by atoms with Crippen LogP contribution in [0.3, 0.4) is 0 Å².